The van der Waals surface area contributed by atoms with Crippen LogP contribution < -0.4 is 24.8 Å². The van der Waals surface area contributed by atoms with Crippen molar-refractivity contribution in [3.05, 3.63) is 148 Å². The zero-order chi connectivity index (χ0) is 32.2. The Morgan fingerprint density at radius 1 is 0.681 bits per heavy atom. The van der Waals surface area contributed by atoms with E-state index in [1.54, 1.807) is 3.28 Å². The van der Waals surface area contributed by atoms with Crippen molar-refractivity contribution in [2.45, 2.75) is 71.9 Å². The second kappa shape index (κ2) is 15.0. The largest absolute Gasteiger partial charge is 1.00 e. The van der Waals surface area contributed by atoms with Crippen LogP contribution in [-0.4, -0.2) is 3.21 Å². The minimum absolute atomic E-state index is 0. The molecule has 0 spiro atoms. The van der Waals surface area contributed by atoms with Crippen LogP contribution in [-0.2, 0) is 21.3 Å². The van der Waals surface area contributed by atoms with Gasteiger partial charge >= 0.3 is 290 Å². The predicted octanol–water partition coefficient (Wildman–Crippen LogP) is 6.48. The number of allylic oxidation sites excluding steroid dienone is 4. The van der Waals surface area contributed by atoms with E-state index in [1.165, 1.54) is 70.8 Å². The molecule has 0 radical (unpaired) electrons. The first-order chi connectivity index (χ1) is 21.4. The van der Waals surface area contributed by atoms with Crippen molar-refractivity contribution in [3.63, 3.8) is 0 Å². The molecule has 0 saturated carbocycles. The van der Waals surface area contributed by atoms with Gasteiger partial charge in [0.1, 0.15) is 0 Å². The molecule has 244 valence electrons. The van der Waals surface area contributed by atoms with E-state index in [0.29, 0.717) is 9.54 Å². The molecule has 0 aromatic heterocycles. The monoisotopic (exact) mass is 778 g/mol. The third-order valence-electron chi connectivity index (χ3n) is 9.94. The van der Waals surface area contributed by atoms with Crippen LogP contribution in [0.15, 0.2) is 93.8 Å². The summed E-state index contributed by atoms with van der Waals surface area (Å²) in [4.78, 5) is 0. The van der Waals surface area contributed by atoms with E-state index in [1.807, 2.05) is 0 Å². The van der Waals surface area contributed by atoms with Crippen LogP contribution in [0.5, 0.6) is 0 Å². The Hall–Kier alpha value is -1.73. The van der Waals surface area contributed by atoms with Crippen LogP contribution >= 0.6 is 23.2 Å². The van der Waals surface area contributed by atoms with Crippen molar-refractivity contribution in [3.8, 4) is 11.1 Å². The smallest absolute Gasteiger partial charge is 1.00 e. The van der Waals surface area contributed by atoms with Crippen molar-refractivity contribution in [2.24, 2.45) is 11.3 Å². The van der Waals surface area contributed by atoms with Crippen molar-refractivity contribution < 1.29 is 46.1 Å². The maximum absolute atomic E-state index is 6.52. The molecule has 47 heavy (non-hydrogen) atoms. The number of hydrogen-bond donors (Lipinski definition) is 0. The van der Waals surface area contributed by atoms with Crippen LogP contribution in [0.2, 0.25) is 10.0 Å². The summed E-state index contributed by atoms with van der Waals surface area (Å²) in [5.41, 5.74) is 15.5. The van der Waals surface area contributed by atoms with E-state index in [0.717, 1.165) is 16.5 Å². The molecule has 0 N–H and O–H groups in total. The van der Waals surface area contributed by atoms with Gasteiger partial charge in [-0.05, 0) is 0 Å². The Balaban J connectivity index is 0.00000250. The van der Waals surface area contributed by atoms with Gasteiger partial charge in [0.25, 0.3) is 0 Å². The minimum Gasteiger partial charge on any atom is -1.00 e. The fourth-order valence-corrected chi connectivity index (χ4v) is 17.0. The number of fused-ring (bicyclic) bond motifs is 3. The second-order valence-electron chi connectivity index (χ2n) is 14.1. The van der Waals surface area contributed by atoms with E-state index < -0.39 is 21.3 Å². The molecule has 4 aromatic rings. The Morgan fingerprint density at radius 2 is 1.11 bits per heavy atom. The Morgan fingerprint density at radius 3 is 1.51 bits per heavy atom. The molecule has 0 aliphatic heterocycles. The molecule has 4 aromatic carbocycles. The molecular formula is C42H44Cl4Zr. The molecule has 0 saturated heterocycles. The molecular weight excluding hydrogens is 737 g/mol. The van der Waals surface area contributed by atoms with Gasteiger partial charge < -0.3 is 24.8 Å². The fraction of sp³-hybridized carbons (Fsp3) is 0.310. The van der Waals surface area contributed by atoms with Gasteiger partial charge in [0.05, 0.1) is 0 Å². The summed E-state index contributed by atoms with van der Waals surface area (Å²) in [6.07, 6.45) is 7.62. The molecule has 6 rings (SSSR count). The summed E-state index contributed by atoms with van der Waals surface area (Å²) < 4.78 is 3.60. The first-order valence-corrected chi connectivity index (χ1v) is 20.9. The van der Waals surface area contributed by atoms with Gasteiger partial charge in [-0.15, -0.1) is 0 Å². The number of benzene rings is 4. The van der Waals surface area contributed by atoms with Crippen molar-refractivity contribution in [1.82, 2.24) is 0 Å². The fourth-order valence-electron chi connectivity index (χ4n) is 7.19. The summed E-state index contributed by atoms with van der Waals surface area (Å²) in [5.74, 6) is 0.457. The summed E-state index contributed by atoms with van der Waals surface area (Å²) in [6.45, 7) is 18.5. The number of aryl methyl sites for hydroxylation is 4. The second-order valence-corrected chi connectivity index (χ2v) is 21.1. The average molecular weight is 782 g/mol. The Kier molecular flexibility index (Phi) is 12.2. The normalized spacial score (nSPS) is 15.0. The maximum atomic E-state index is 6.52. The summed E-state index contributed by atoms with van der Waals surface area (Å²) in [7, 11) is 0. The molecule has 0 bridgehead atoms. The van der Waals surface area contributed by atoms with Gasteiger partial charge in [-0.2, -0.15) is 0 Å². The van der Waals surface area contributed by atoms with Gasteiger partial charge in [0.2, 0.25) is 0 Å². The topological polar surface area (TPSA) is 0 Å². The molecule has 0 fully saturated rings. The number of rotatable bonds is 6. The van der Waals surface area contributed by atoms with E-state index in [9.17, 15) is 0 Å². The van der Waals surface area contributed by atoms with Gasteiger partial charge in [0.15, 0.2) is 0 Å². The van der Waals surface area contributed by atoms with Crippen LogP contribution in [0.4, 0.5) is 0 Å². The summed E-state index contributed by atoms with van der Waals surface area (Å²) >= 11 is 10.1. The summed E-state index contributed by atoms with van der Waals surface area (Å²) in [6, 6.07) is 27.3. The van der Waals surface area contributed by atoms with Gasteiger partial charge in [-0.3, -0.25) is 0 Å². The molecule has 1 atom stereocenters. The van der Waals surface area contributed by atoms with E-state index >= 15 is 0 Å². The molecule has 0 nitrogen and oxygen atoms in total. The third kappa shape index (κ3) is 7.42. The maximum Gasteiger partial charge on any atom is -1.00 e. The first-order valence-electron chi connectivity index (χ1n) is 16.3. The van der Waals surface area contributed by atoms with Gasteiger partial charge in [-0.25, -0.2) is 0 Å². The van der Waals surface area contributed by atoms with Crippen molar-refractivity contribution >= 4 is 26.4 Å². The van der Waals surface area contributed by atoms with Crippen molar-refractivity contribution in [1.29, 1.82) is 0 Å². The predicted molar refractivity (Wildman–Crippen MR) is 193 cm³/mol. The van der Waals surface area contributed by atoms with E-state index in [-0.39, 0.29) is 30.2 Å². The molecule has 2 aliphatic rings. The number of hydrogen-bond acceptors (Lipinski definition) is 0. The van der Waals surface area contributed by atoms with Crippen LogP contribution in [0, 0.1) is 39.0 Å². The van der Waals surface area contributed by atoms with Crippen molar-refractivity contribution in [2.75, 3.05) is 0 Å². The molecule has 0 heterocycles. The Labute approximate surface area is 312 Å². The van der Waals surface area contributed by atoms with Crippen LogP contribution in [0.3, 0.4) is 0 Å². The standard InChI is InChI=1S/C17H17.C13H8Cl2.C12H19.2ClH.Zr/c1-10-5-14-9-15-6-11(2)13(4)8-17(15)16(14)7-12(10)3;14-12-5-1-10(2-6-12)9-11-3-7-13(15)8-4-11;1-5-6-10-7-8-11(9-10)12(2,3)4;;;/h5-9H,1-4H3;1-8H;8-10H,5-6H2,1-4H3;2*1H;/q;;;;;+2/p-2. The van der Waals surface area contributed by atoms with Gasteiger partial charge in [0, 0.05) is 0 Å². The van der Waals surface area contributed by atoms with Crippen LogP contribution in [0.25, 0.3) is 11.1 Å². The molecule has 5 heteroatoms. The van der Waals surface area contributed by atoms with Crippen LogP contribution in [0.1, 0.15) is 88.7 Å². The van der Waals surface area contributed by atoms with E-state index in [2.05, 4.69) is 140 Å². The summed E-state index contributed by atoms with van der Waals surface area (Å²) in [5, 5.41) is 1.54. The zero-order valence-electron chi connectivity index (χ0n) is 28.7. The first kappa shape index (κ1) is 38.1. The molecule has 1 unspecified atom stereocenters. The molecule has 0 amide bonds. The molecule has 2 aliphatic carbocycles. The average Bonchev–Trinajstić information content (AvgIpc) is 3.53. The SMILES string of the molecule is CCCC1C=C(C(C)(C)C)C=[C]1[Zr+2](=[C](c1ccc(Cl)cc1)c1ccc(Cl)cc1)[CH]1c2cc(C)c(C)cc2-c2cc(C)c(C)cc21.[Cl-].[Cl-]. The third-order valence-corrected chi connectivity index (χ3v) is 18.9. The minimum atomic E-state index is -2.94. The Bertz CT molecular complexity index is 1780. The quantitative estimate of drug-likeness (QED) is 0.211. The number of halogens is 4. The zero-order valence-corrected chi connectivity index (χ0v) is 34.1. The van der Waals surface area contributed by atoms with Gasteiger partial charge in [-0.1, -0.05) is 0 Å². The van der Waals surface area contributed by atoms with E-state index in [4.69, 9.17) is 23.2 Å².